The van der Waals surface area contributed by atoms with Crippen LogP contribution < -0.4 is 19.6 Å². The Hall–Kier alpha value is -2.75. The van der Waals surface area contributed by atoms with Gasteiger partial charge in [0.2, 0.25) is 0 Å². The van der Waals surface area contributed by atoms with Crippen molar-refractivity contribution in [1.82, 2.24) is 4.57 Å². The Morgan fingerprint density at radius 3 is 2.54 bits per heavy atom. The van der Waals surface area contributed by atoms with Crippen LogP contribution in [-0.2, 0) is 9.53 Å². The van der Waals surface area contributed by atoms with Crippen molar-refractivity contribution in [3.05, 3.63) is 106 Å². The number of rotatable bonds is 7. The summed E-state index contributed by atoms with van der Waals surface area (Å²) in [6.45, 7) is 7.80. The molecule has 2 heterocycles. The molecule has 0 unspecified atom stereocenters. The van der Waals surface area contributed by atoms with Gasteiger partial charge in [-0.1, -0.05) is 54.3 Å². The minimum Gasteiger partial charge on any atom is -0.487 e. The summed E-state index contributed by atoms with van der Waals surface area (Å²) in [6.07, 6.45) is 3.48. The third-order valence-electron chi connectivity index (χ3n) is 5.30. The first kappa shape index (κ1) is 25.3. The monoisotopic (exact) mass is 616 g/mol. The van der Waals surface area contributed by atoms with Crippen molar-refractivity contribution in [1.29, 1.82) is 0 Å². The normalized spacial score (nSPS) is 15.4. The summed E-state index contributed by atoms with van der Waals surface area (Å²) in [5.74, 6) is 0.183. The molecule has 1 atom stereocenters. The van der Waals surface area contributed by atoms with Crippen LogP contribution in [0.3, 0.4) is 0 Å². The number of esters is 1. The van der Waals surface area contributed by atoms with E-state index in [-0.39, 0.29) is 12.2 Å². The van der Waals surface area contributed by atoms with E-state index < -0.39 is 12.0 Å². The number of hydrogen-bond donors (Lipinski definition) is 0. The van der Waals surface area contributed by atoms with Gasteiger partial charge in [0.05, 0.1) is 37.4 Å². The molecule has 0 bridgehead atoms. The highest BCUT2D eigenvalue weighted by Crippen LogP contribution is 2.35. The van der Waals surface area contributed by atoms with E-state index in [0.717, 1.165) is 20.1 Å². The highest BCUT2D eigenvalue weighted by atomic mass is 79.9. The molecule has 0 N–H and O–H groups in total. The van der Waals surface area contributed by atoms with Crippen LogP contribution in [0.1, 0.15) is 31.0 Å². The lowest BCUT2D eigenvalue weighted by Gasteiger charge is -2.24. The molecule has 6 nitrogen and oxygen atoms in total. The van der Waals surface area contributed by atoms with Gasteiger partial charge in [-0.2, -0.15) is 0 Å². The minimum atomic E-state index is -0.623. The van der Waals surface area contributed by atoms with Crippen molar-refractivity contribution < 1.29 is 14.3 Å². The van der Waals surface area contributed by atoms with Gasteiger partial charge in [-0.3, -0.25) is 9.36 Å². The summed E-state index contributed by atoms with van der Waals surface area (Å²) in [6, 6.07) is 12.6. The van der Waals surface area contributed by atoms with Crippen LogP contribution in [-0.4, -0.2) is 23.8 Å². The fourth-order valence-electron chi connectivity index (χ4n) is 3.84. The Kier molecular flexibility index (Phi) is 7.88. The molecular formula is C26H22Br2N2O4S. The molecule has 3 aromatic rings. The first-order valence-corrected chi connectivity index (χ1v) is 13.2. The molecule has 0 saturated heterocycles. The fraction of sp³-hybridized carbons (Fsp3) is 0.192. The fourth-order valence-corrected chi connectivity index (χ4v) is 6.33. The number of carbonyl (C=O) groups excluding carboxylic acids is 1. The van der Waals surface area contributed by atoms with Crippen molar-refractivity contribution in [3.8, 4) is 5.75 Å². The Balaban J connectivity index is 1.88. The topological polar surface area (TPSA) is 69.9 Å². The predicted octanol–water partition coefficient (Wildman–Crippen LogP) is 4.89. The van der Waals surface area contributed by atoms with E-state index in [9.17, 15) is 9.59 Å². The quantitative estimate of drug-likeness (QED) is 0.280. The van der Waals surface area contributed by atoms with Crippen LogP contribution in [0.5, 0.6) is 5.75 Å². The van der Waals surface area contributed by atoms with E-state index in [1.165, 1.54) is 11.3 Å². The lowest BCUT2D eigenvalue weighted by molar-refractivity contribution is -0.139. The highest BCUT2D eigenvalue weighted by molar-refractivity contribution is 9.11. The second-order valence-electron chi connectivity index (χ2n) is 7.63. The Bertz CT molecular complexity index is 1480. The van der Waals surface area contributed by atoms with E-state index >= 15 is 0 Å². The Morgan fingerprint density at radius 1 is 1.23 bits per heavy atom. The maximum absolute atomic E-state index is 13.7. The summed E-state index contributed by atoms with van der Waals surface area (Å²) in [7, 11) is 0. The molecule has 35 heavy (non-hydrogen) atoms. The SMILES string of the molecule is C=CCOc1c(Br)cc(/C=c2\sc3n(c2=O)[C@H](c2ccccc2)C(C(=O)OCC)=C(C)N=3)cc1Br. The van der Waals surface area contributed by atoms with Gasteiger partial charge in [0.1, 0.15) is 12.4 Å². The number of halogens is 2. The highest BCUT2D eigenvalue weighted by Gasteiger charge is 2.33. The summed E-state index contributed by atoms with van der Waals surface area (Å²) >= 11 is 8.36. The predicted molar refractivity (Wildman–Crippen MR) is 144 cm³/mol. The number of benzene rings is 2. The maximum atomic E-state index is 13.7. The van der Waals surface area contributed by atoms with Crippen molar-refractivity contribution in [3.63, 3.8) is 0 Å². The van der Waals surface area contributed by atoms with E-state index in [4.69, 9.17) is 9.47 Å². The molecule has 0 amide bonds. The second kappa shape index (κ2) is 10.9. The largest absolute Gasteiger partial charge is 0.487 e. The van der Waals surface area contributed by atoms with Gasteiger partial charge in [-0.25, -0.2) is 9.79 Å². The molecule has 1 aliphatic rings. The van der Waals surface area contributed by atoms with Gasteiger partial charge in [-0.15, -0.1) is 0 Å². The number of fused-ring (bicyclic) bond motifs is 1. The van der Waals surface area contributed by atoms with Gasteiger partial charge < -0.3 is 9.47 Å². The zero-order chi connectivity index (χ0) is 25.1. The number of hydrogen-bond acceptors (Lipinski definition) is 6. The summed E-state index contributed by atoms with van der Waals surface area (Å²) in [5.41, 5.74) is 2.30. The second-order valence-corrected chi connectivity index (χ2v) is 10.3. The third-order valence-corrected chi connectivity index (χ3v) is 7.46. The first-order chi connectivity index (χ1) is 16.8. The molecule has 4 rings (SSSR count). The number of ether oxygens (including phenoxy) is 2. The molecule has 180 valence electrons. The summed E-state index contributed by atoms with van der Waals surface area (Å²) < 4.78 is 14.6. The third kappa shape index (κ3) is 5.12. The average Bonchev–Trinajstić information content (AvgIpc) is 3.12. The zero-order valence-electron chi connectivity index (χ0n) is 19.1. The molecule has 0 radical (unpaired) electrons. The van der Waals surface area contributed by atoms with Gasteiger partial charge in [0, 0.05) is 0 Å². The van der Waals surface area contributed by atoms with Crippen LogP contribution in [0, 0.1) is 0 Å². The first-order valence-electron chi connectivity index (χ1n) is 10.8. The van der Waals surface area contributed by atoms with Gasteiger partial charge in [-0.05, 0) is 75.0 Å². The van der Waals surface area contributed by atoms with Crippen molar-refractivity contribution in [2.45, 2.75) is 19.9 Å². The molecule has 0 fully saturated rings. The Labute approximate surface area is 223 Å². The van der Waals surface area contributed by atoms with Crippen LogP contribution in [0.4, 0.5) is 0 Å². The molecule has 9 heteroatoms. The van der Waals surface area contributed by atoms with Crippen LogP contribution in [0.25, 0.3) is 6.08 Å². The van der Waals surface area contributed by atoms with Crippen molar-refractivity contribution in [2.75, 3.05) is 13.2 Å². The number of carbonyl (C=O) groups is 1. The number of aromatic nitrogens is 1. The van der Waals surface area contributed by atoms with Crippen LogP contribution in [0.15, 0.2) is 85.1 Å². The molecular weight excluding hydrogens is 596 g/mol. The van der Waals surface area contributed by atoms with Gasteiger partial charge in [0.25, 0.3) is 5.56 Å². The minimum absolute atomic E-state index is 0.226. The van der Waals surface area contributed by atoms with Crippen LogP contribution in [0.2, 0.25) is 0 Å². The molecule has 1 aromatic heterocycles. The van der Waals surface area contributed by atoms with E-state index in [1.807, 2.05) is 48.5 Å². The zero-order valence-corrected chi connectivity index (χ0v) is 23.1. The van der Waals surface area contributed by atoms with Crippen molar-refractivity contribution >= 4 is 55.2 Å². The lowest BCUT2D eigenvalue weighted by atomic mass is 9.96. The van der Waals surface area contributed by atoms with E-state index in [1.54, 1.807) is 24.5 Å². The van der Waals surface area contributed by atoms with E-state index in [0.29, 0.717) is 33.0 Å². The van der Waals surface area contributed by atoms with Crippen molar-refractivity contribution in [2.24, 2.45) is 4.99 Å². The molecule has 0 spiro atoms. The van der Waals surface area contributed by atoms with E-state index in [2.05, 4.69) is 43.4 Å². The van der Waals surface area contributed by atoms with Gasteiger partial charge >= 0.3 is 5.97 Å². The summed E-state index contributed by atoms with van der Waals surface area (Å²) in [5, 5.41) is 0. The Morgan fingerprint density at radius 2 is 1.91 bits per heavy atom. The summed E-state index contributed by atoms with van der Waals surface area (Å²) in [4.78, 5) is 31.7. The number of thiazole rings is 1. The lowest BCUT2D eigenvalue weighted by Crippen LogP contribution is -2.39. The molecule has 1 aliphatic heterocycles. The van der Waals surface area contributed by atoms with Gasteiger partial charge in [0.15, 0.2) is 4.80 Å². The number of allylic oxidation sites excluding steroid dienone is 1. The molecule has 0 aliphatic carbocycles. The number of nitrogens with zero attached hydrogens (tertiary/aromatic N) is 2. The average molecular weight is 618 g/mol. The van der Waals surface area contributed by atoms with Crippen LogP contribution >= 0.6 is 43.2 Å². The standard InChI is InChI=1S/C26H22Br2N2O4S/c1-4-11-34-23-18(27)12-16(13-19(23)28)14-20-24(31)30-22(17-9-7-6-8-10-17)21(25(32)33-5-2)15(3)29-26(30)35-20/h4,6-10,12-14,22H,1,5,11H2,2-3H3/b20-14-/t22-/m1/s1. The smallest absolute Gasteiger partial charge is 0.338 e. The molecule has 2 aromatic carbocycles. The molecule has 0 saturated carbocycles. The maximum Gasteiger partial charge on any atom is 0.338 e.